The first-order valence-electron chi connectivity index (χ1n) is 6.42. The van der Waals surface area contributed by atoms with Crippen molar-refractivity contribution < 1.29 is 9.53 Å². The Morgan fingerprint density at radius 1 is 1.35 bits per heavy atom. The molecule has 0 saturated heterocycles. The van der Waals surface area contributed by atoms with E-state index in [0.29, 0.717) is 17.2 Å². The molecular formula is C15H18N2O2S. The molecule has 4 nitrogen and oxygen atoms in total. The summed E-state index contributed by atoms with van der Waals surface area (Å²) in [5.74, 6) is 0.668. The highest BCUT2D eigenvalue weighted by Crippen LogP contribution is 2.26. The summed E-state index contributed by atoms with van der Waals surface area (Å²) < 4.78 is 5.42. The number of amides is 1. The summed E-state index contributed by atoms with van der Waals surface area (Å²) in [6.45, 7) is 6.40. The largest absolute Gasteiger partial charge is 0.494 e. The Kier molecular flexibility index (Phi) is 4.29. The quantitative estimate of drug-likeness (QED) is 0.904. The fourth-order valence-corrected chi connectivity index (χ4v) is 2.66. The molecule has 2 rings (SSSR count). The van der Waals surface area contributed by atoms with Gasteiger partial charge in [0.05, 0.1) is 11.5 Å². The second kappa shape index (κ2) is 5.96. The number of anilines is 2. The van der Waals surface area contributed by atoms with Gasteiger partial charge in [0.2, 0.25) is 0 Å². The molecule has 0 radical (unpaired) electrons. The minimum atomic E-state index is -0.137. The van der Waals surface area contributed by atoms with Crippen LogP contribution in [-0.4, -0.2) is 12.5 Å². The van der Waals surface area contributed by atoms with Crippen molar-refractivity contribution >= 4 is 28.6 Å². The van der Waals surface area contributed by atoms with Gasteiger partial charge < -0.3 is 15.8 Å². The summed E-state index contributed by atoms with van der Waals surface area (Å²) in [6, 6.07) is 7.31. The summed E-state index contributed by atoms with van der Waals surface area (Å²) in [5.41, 5.74) is 8.17. The number of rotatable bonds is 4. The number of hydrogen-bond acceptors (Lipinski definition) is 4. The van der Waals surface area contributed by atoms with Crippen molar-refractivity contribution in [2.24, 2.45) is 0 Å². The number of nitrogens with two attached hydrogens (primary N) is 1. The third-order valence-corrected chi connectivity index (χ3v) is 4.00. The summed E-state index contributed by atoms with van der Waals surface area (Å²) in [6.07, 6.45) is 0. The Morgan fingerprint density at radius 2 is 2.10 bits per heavy atom. The van der Waals surface area contributed by atoms with Crippen molar-refractivity contribution in [2.45, 2.75) is 20.8 Å². The molecule has 1 heterocycles. The maximum absolute atomic E-state index is 12.2. The molecule has 5 heteroatoms. The fourth-order valence-electron chi connectivity index (χ4n) is 1.82. The number of nitrogens with one attached hydrogen (secondary N) is 1. The van der Waals surface area contributed by atoms with Crippen LogP contribution in [0.5, 0.6) is 5.75 Å². The zero-order chi connectivity index (χ0) is 14.7. The van der Waals surface area contributed by atoms with Crippen LogP contribution in [0.3, 0.4) is 0 Å². The van der Waals surface area contributed by atoms with E-state index in [9.17, 15) is 4.79 Å². The van der Waals surface area contributed by atoms with Crippen LogP contribution in [0.1, 0.15) is 27.0 Å². The van der Waals surface area contributed by atoms with Gasteiger partial charge in [0, 0.05) is 16.3 Å². The van der Waals surface area contributed by atoms with Gasteiger partial charge in [-0.25, -0.2) is 0 Å². The summed E-state index contributed by atoms with van der Waals surface area (Å²) in [7, 11) is 0. The van der Waals surface area contributed by atoms with Crippen molar-refractivity contribution in [3.63, 3.8) is 0 Å². The molecule has 0 bridgehead atoms. The van der Waals surface area contributed by atoms with Crippen molar-refractivity contribution in [3.8, 4) is 5.75 Å². The Labute approximate surface area is 122 Å². The van der Waals surface area contributed by atoms with Crippen LogP contribution < -0.4 is 15.8 Å². The smallest absolute Gasteiger partial charge is 0.265 e. The average molecular weight is 290 g/mol. The van der Waals surface area contributed by atoms with Crippen LogP contribution in [0, 0.1) is 13.8 Å². The highest BCUT2D eigenvalue weighted by atomic mass is 32.1. The maximum Gasteiger partial charge on any atom is 0.265 e. The number of benzene rings is 1. The predicted octanol–water partition coefficient (Wildman–Crippen LogP) is 3.60. The summed E-state index contributed by atoms with van der Waals surface area (Å²) in [4.78, 5) is 13.7. The highest BCUT2D eigenvalue weighted by molar-refractivity contribution is 7.14. The Balaban J connectivity index is 2.15. The van der Waals surface area contributed by atoms with Crippen molar-refractivity contribution in [2.75, 3.05) is 17.7 Å². The molecule has 3 N–H and O–H groups in total. The molecule has 0 fully saturated rings. The Morgan fingerprint density at radius 3 is 2.65 bits per heavy atom. The SMILES string of the molecule is CCOc1ccc(NC(=O)c2cc(N)c(C)s2)c(C)c1. The molecule has 0 aliphatic heterocycles. The summed E-state index contributed by atoms with van der Waals surface area (Å²) in [5, 5.41) is 2.90. The number of ether oxygens (including phenoxy) is 1. The van der Waals surface area contributed by atoms with Gasteiger partial charge in [-0.05, 0) is 50.6 Å². The normalized spacial score (nSPS) is 10.3. The molecule has 2 aromatic rings. The van der Waals surface area contributed by atoms with Gasteiger partial charge in [-0.3, -0.25) is 4.79 Å². The molecular weight excluding hydrogens is 272 g/mol. The van der Waals surface area contributed by atoms with E-state index >= 15 is 0 Å². The minimum Gasteiger partial charge on any atom is -0.494 e. The van der Waals surface area contributed by atoms with E-state index in [1.54, 1.807) is 6.07 Å². The lowest BCUT2D eigenvalue weighted by Crippen LogP contribution is -2.11. The van der Waals surface area contributed by atoms with Gasteiger partial charge in [-0.2, -0.15) is 0 Å². The first kappa shape index (κ1) is 14.4. The zero-order valence-corrected chi connectivity index (χ0v) is 12.6. The topological polar surface area (TPSA) is 64.3 Å². The van der Waals surface area contributed by atoms with Gasteiger partial charge in [0.25, 0.3) is 5.91 Å². The molecule has 1 amide bonds. The lowest BCUT2D eigenvalue weighted by Gasteiger charge is -2.10. The van der Waals surface area contributed by atoms with Crippen molar-refractivity contribution in [1.29, 1.82) is 0 Å². The van der Waals surface area contributed by atoms with Crippen LogP contribution in [-0.2, 0) is 0 Å². The monoisotopic (exact) mass is 290 g/mol. The fraction of sp³-hybridized carbons (Fsp3) is 0.267. The number of aryl methyl sites for hydroxylation is 2. The van der Waals surface area contributed by atoms with E-state index in [-0.39, 0.29) is 5.91 Å². The van der Waals surface area contributed by atoms with Gasteiger partial charge >= 0.3 is 0 Å². The van der Waals surface area contributed by atoms with Gasteiger partial charge in [0.15, 0.2) is 0 Å². The van der Waals surface area contributed by atoms with E-state index in [1.165, 1.54) is 11.3 Å². The molecule has 0 unspecified atom stereocenters. The van der Waals surface area contributed by atoms with E-state index < -0.39 is 0 Å². The number of hydrogen-bond donors (Lipinski definition) is 2. The number of carbonyl (C=O) groups is 1. The van der Waals surface area contributed by atoms with Crippen LogP contribution in [0.15, 0.2) is 24.3 Å². The lowest BCUT2D eigenvalue weighted by molar-refractivity contribution is 0.103. The molecule has 20 heavy (non-hydrogen) atoms. The number of thiophene rings is 1. The lowest BCUT2D eigenvalue weighted by atomic mass is 10.2. The molecule has 0 spiro atoms. The third-order valence-electron chi connectivity index (χ3n) is 2.94. The van der Waals surface area contributed by atoms with Crippen LogP contribution in [0.2, 0.25) is 0 Å². The molecule has 1 aromatic carbocycles. The van der Waals surface area contributed by atoms with E-state index in [1.807, 2.05) is 39.0 Å². The van der Waals surface area contributed by atoms with E-state index in [2.05, 4.69) is 5.32 Å². The Hall–Kier alpha value is -2.01. The molecule has 106 valence electrons. The third kappa shape index (κ3) is 3.11. The second-order valence-corrected chi connectivity index (χ2v) is 5.74. The average Bonchev–Trinajstić information content (AvgIpc) is 2.73. The van der Waals surface area contributed by atoms with Gasteiger partial charge in [-0.1, -0.05) is 0 Å². The molecule has 0 atom stereocenters. The molecule has 0 aliphatic carbocycles. The first-order chi connectivity index (χ1) is 9.51. The van der Waals surface area contributed by atoms with Gasteiger partial charge in [-0.15, -0.1) is 11.3 Å². The van der Waals surface area contributed by atoms with Crippen LogP contribution in [0.25, 0.3) is 0 Å². The number of carbonyl (C=O) groups excluding carboxylic acids is 1. The van der Waals surface area contributed by atoms with Crippen molar-refractivity contribution in [3.05, 3.63) is 39.6 Å². The van der Waals surface area contributed by atoms with E-state index in [4.69, 9.17) is 10.5 Å². The van der Waals surface area contributed by atoms with Crippen LogP contribution >= 0.6 is 11.3 Å². The Bertz CT molecular complexity index is 615. The molecule has 0 aliphatic rings. The van der Waals surface area contributed by atoms with Gasteiger partial charge in [0.1, 0.15) is 5.75 Å². The first-order valence-corrected chi connectivity index (χ1v) is 7.23. The zero-order valence-electron chi connectivity index (χ0n) is 11.8. The highest BCUT2D eigenvalue weighted by Gasteiger charge is 2.12. The second-order valence-electron chi connectivity index (χ2n) is 4.49. The van der Waals surface area contributed by atoms with Crippen LogP contribution in [0.4, 0.5) is 11.4 Å². The molecule has 1 aromatic heterocycles. The van der Waals surface area contributed by atoms with Crippen molar-refractivity contribution in [1.82, 2.24) is 0 Å². The number of nitrogen functional groups attached to an aromatic ring is 1. The standard InChI is InChI=1S/C15H18N2O2S/c1-4-19-11-5-6-13(9(2)7-11)17-15(18)14-8-12(16)10(3)20-14/h5-8H,4,16H2,1-3H3,(H,17,18). The minimum absolute atomic E-state index is 0.137. The maximum atomic E-state index is 12.2. The summed E-state index contributed by atoms with van der Waals surface area (Å²) >= 11 is 1.40. The predicted molar refractivity (Wildman–Crippen MR) is 83.8 cm³/mol. The van der Waals surface area contributed by atoms with E-state index in [0.717, 1.165) is 21.9 Å². The molecule has 0 saturated carbocycles.